The molecule has 0 fully saturated rings. The van der Waals surface area contributed by atoms with E-state index in [-0.39, 0.29) is 12.5 Å². The van der Waals surface area contributed by atoms with Gasteiger partial charge in [-0.1, -0.05) is 41.1 Å². The van der Waals surface area contributed by atoms with E-state index in [1.807, 2.05) is 24.3 Å². The first-order valence-electron chi connectivity index (χ1n) is 9.10. The van der Waals surface area contributed by atoms with Crippen LogP contribution in [0.4, 0.5) is 5.13 Å². The number of carbonyl (C=O) groups is 1. The van der Waals surface area contributed by atoms with E-state index < -0.39 is 0 Å². The summed E-state index contributed by atoms with van der Waals surface area (Å²) in [6.45, 7) is 0.245. The van der Waals surface area contributed by atoms with E-state index in [2.05, 4.69) is 4.98 Å². The molecule has 0 unspecified atom stereocenters. The fraction of sp³-hybridized carbons (Fsp3) is 0.136. The van der Waals surface area contributed by atoms with Gasteiger partial charge in [0.05, 0.1) is 37.0 Å². The molecular formula is C22H18ClN3O3S. The van der Waals surface area contributed by atoms with Gasteiger partial charge >= 0.3 is 0 Å². The average molecular weight is 440 g/mol. The number of anilines is 1. The minimum Gasteiger partial charge on any atom is -0.495 e. The predicted octanol–water partition coefficient (Wildman–Crippen LogP) is 5.21. The van der Waals surface area contributed by atoms with Crippen LogP contribution in [0.3, 0.4) is 0 Å². The Labute approximate surface area is 182 Å². The van der Waals surface area contributed by atoms with E-state index in [4.69, 9.17) is 26.1 Å². The van der Waals surface area contributed by atoms with Gasteiger partial charge in [0.2, 0.25) is 0 Å². The molecule has 0 radical (unpaired) electrons. The summed E-state index contributed by atoms with van der Waals surface area (Å²) < 4.78 is 11.7. The van der Waals surface area contributed by atoms with Crippen molar-refractivity contribution in [2.45, 2.75) is 6.54 Å². The quantitative estimate of drug-likeness (QED) is 0.412. The van der Waals surface area contributed by atoms with Crippen molar-refractivity contribution in [2.24, 2.45) is 0 Å². The third-order valence-electron chi connectivity index (χ3n) is 4.53. The van der Waals surface area contributed by atoms with Gasteiger partial charge in [-0.05, 0) is 36.4 Å². The number of halogens is 1. The standard InChI is InChI=1S/C22H18ClN3O3S/c1-28-17-10-11-18(29-2)20-19(17)25-22(30-20)26(13-14-7-5-6-12-24-14)21(27)15-8-3-4-9-16(15)23/h3-12H,13H2,1-2H3. The summed E-state index contributed by atoms with van der Waals surface area (Å²) in [5, 5.41) is 0.883. The summed E-state index contributed by atoms with van der Waals surface area (Å²) in [4.78, 5) is 24.1. The first-order chi connectivity index (χ1) is 14.6. The number of methoxy groups -OCH3 is 2. The monoisotopic (exact) mass is 439 g/mol. The maximum Gasteiger partial charge on any atom is 0.261 e. The van der Waals surface area contributed by atoms with Crippen molar-refractivity contribution < 1.29 is 14.3 Å². The molecule has 0 saturated heterocycles. The van der Waals surface area contributed by atoms with Gasteiger partial charge in [-0.15, -0.1) is 0 Å². The molecule has 2 aromatic heterocycles. The molecule has 0 aliphatic heterocycles. The molecule has 0 N–H and O–H groups in total. The smallest absolute Gasteiger partial charge is 0.261 e. The molecule has 4 aromatic rings. The fourth-order valence-electron chi connectivity index (χ4n) is 3.05. The average Bonchev–Trinajstić information content (AvgIpc) is 3.22. The van der Waals surface area contributed by atoms with Crippen LogP contribution in [0.1, 0.15) is 16.1 Å². The summed E-state index contributed by atoms with van der Waals surface area (Å²) in [6, 6.07) is 16.1. The molecule has 0 aliphatic rings. The lowest BCUT2D eigenvalue weighted by atomic mass is 10.2. The Morgan fingerprint density at radius 3 is 2.47 bits per heavy atom. The second kappa shape index (κ2) is 8.69. The van der Waals surface area contributed by atoms with E-state index in [9.17, 15) is 4.79 Å². The van der Waals surface area contributed by atoms with Gasteiger partial charge in [0.25, 0.3) is 5.91 Å². The number of ether oxygens (including phenoxy) is 2. The van der Waals surface area contributed by atoms with Crippen molar-refractivity contribution in [3.8, 4) is 11.5 Å². The van der Waals surface area contributed by atoms with Crippen LogP contribution in [0.25, 0.3) is 10.2 Å². The van der Waals surface area contributed by atoms with Crippen molar-refractivity contribution in [3.63, 3.8) is 0 Å². The SMILES string of the molecule is COc1ccc(OC)c2sc(N(Cc3ccccn3)C(=O)c3ccccc3Cl)nc12. The Bertz CT molecular complexity index is 1160. The Morgan fingerprint density at radius 1 is 1.03 bits per heavy atom. The van der Waals surface area contributed by atoms with Gasteiger partial charge in [-0.2, -0.15) is 0 Å². The second-order valence-electron chi connectivity index (χ2n) is 6.34. The van der Waals surface area contributed by atoms with Gasteiger partial charge < -0.3 is 9.47 Å². The number of carbonyl (C=O) groups excluding carboxylic acids is 1. The maximum atomic E-state index is 13.5. The largest absolute Gasteiger partial charge is 0.495 e. The summed E-state index contributed by atoms with van der Waals surface area (Å²) in [5.74, 6) is 1.01. The molecule has 6 nitrogen and oxygen atoms in total. The molecule has 0 spiro atoms. The van der Waals surface area contributed by atoms with E-state index in [0.717, 1.165) is 10.4 Å². The van der Waals surface area contributed by atoms with Crippen LogP contribution in [0.5, 0.6) is 11.5 Å². The Morgan fingerprint density at radius 2 is 1.77 bits per heavy atom. The van der Waals surface area contributed by atoms with Crippen molar-refractivity contribution >= 4 is 44.2 Å². The van der Waals surface area contributed by atoms with Crippen molar-refractivity contribution in [3.05, 3.63) is 77.1 Å². The van der Waals surface area contributed by atoms with Crippen LogP contribution < -0.4 is 14.4 Å². The van der Waals surface area contributed by atoms with Crippen molar-refractivity contribution in [2.75, 3.05) is 19.1 Å². The normalized spacial score (nSPS) is 10.8. The lowest BCUT2D eigenvalue weighted by Crippen LogP contribution is -2.30. The zero-order chi connectivity index (χ0) is 21.1. The number of rotatable bonds is 6. The number of nitrogens with zero attached hydrogens (tertiary/aromatic N) is 3. The highest BCUT2D eigenvalue weighted by atomic mass is 35.5. The van der Waals surface area contributed by atoms with Gasteiger partial charge in [0, 0.05) is 6.20 Å². The molecule has 8 heteroatoms. The molecular weight excluding hydrogens is 422 g/mol. The topological polar surface area (TPSA) is 64.6 Å². The first kappa shape index (κ1) is 20.1. The Balaban J connectivity index is 1.85. The first-order valence-corrected chi connectivity index (χ1v) is 10.3. The molecule has 0 saturated carbocycles. The van der Waals surface area contributed by atoms with Crippen LogP contribution in [-0.2, 0) is 6.54 Å². The number of fused-ring (bicyclic) bond motifs is 1. The van der Waals surface area contributed by atoms with E-state index in [1.165, 1.54) is 11.3 Å². The van der Waals surface area contributed by atoms with Crippen molar-refractivity contribution in [1.29, 1.82) is 0 Å². The van der Waals surface area contributed by atoms with Crippen LogP contribution in [-0.4, -0.2) is 30.1 Å². The minimum absolute atomic E-state index is 0.245. The van der Waals surface area contributed by atoms with Gasteiger partial charge in [0.15, 0.2) is 5.13 Å². The number of thiazole rings is 1. The summed E-state index contributed by atoms with van der Waals surface area (Å²) in [5.41, 5.74) is 1.76. The minimum atomic E-state index is -0.261. The van der Waals surface area contributed by atoms with Gasteiger partial charge in [-0.25, -0.2) is 4.98 Å². The van der Waals surface area contributed by atoms with E-state index in [1.54, 1.807) is 55.6 Å². The lowest BCUT2D eigenvalue weighted by Gasteiger charge is -2.20. The Hall–Kier alpha value is -3.16. The Kier molecular flexibility index (Phi) is 5.83. The third-order valence-corrected chi connectivity index (χ3v) is 5.95. The summed E-state index contributed by atoms with van der Waals surface area (Å²) in [7, 11) is 3.18. The molecule has 2 aromatic carbocycles. The molecule has 4 rings (SSSR count). The molecule has 152 valence electrons. The lowest BCUT2D eigenvalue weighted by molar-refractivity contribution is 0.0985. The summed E-state index contributed by atoms with van der Waals surface area (Å²) in [6.07, 6.45) is 1.69. The number of pyridine rings is 1. The van der Waals surface area contributed by atoms with Gasteiger partial charge in [-0.3, -0.25) is 14.7 Å². The number of aromatic nitrogens is 2. The van der Waals surface area contributed by atoms with Crippen LogP contribution in [0, 0.1) is 0 Å². The number of benzene rings is 2. The molecule has 0 aliphatic carbocycles. The van der Waals surface area contributed by atoms with E-state index >= 15 is 0 Å². The number of amides is 1. The van der Waals surface area contributed by atoms with Crippen LogP contribution in [0.15, 0.2) is 60.8 Å². The predicted molar refractivity (Wildman–Crippen MR) is 119 cm³/mol. The highest BCUT2D eigenvalue weighted by molar-refractivity contribution is 7.22. The zero-order valence-corrected chi connectivity index (χ0v) is 17.9. The maximum absolute atomic E-state index is 13.5. The second-order valence-corrected chi connectivity index (χ2v) is 7.72. The van der Waals surface area contributed by atoms with Crippen LogP contribution >= 0.6 is 22.9 Å². The zero-order valence-electron chi connectivity index (χ0n) is 16.3. The fourth-order valence-corrected chi connectivity index (χ4v) is 4.34. The molecule has 2 heterocycles. The number of hydrogen-bond acceptors (Lipinski definition) is 6. The molecule has 0 bridgehead atoms. The molecule has 0 atom stereocenters. The molecule has 1 amide bonds. The van der Waals surface area contributed by atoms with Crippen LogP contribution in [0.2, 0.25) is 5.02 Å². The third kappa shape index (κ3) is 3.81. The molecule has 30 heavy (non-hydrogen) atoms. The highest BCUT2D eigenvalue weighted by Crippen LogP contribution is 2.40. The van der Waals surface area contributed by atoms with Gasteiger partial charge in [0.1, 0.15) is 21.7 Å². The summed E-state index contributed by atoms with van der Waals surface area (Å²) >= 11 is 7.66. The highest BCUT2D eigenvalue weighted by Gasteiger charge is 2.25. The van der Waals surface area contributed by atoms with E-state index in [0.29, 0.717) is 32.7 Å². The van der Waals surface area contributed by atoms with Crippen molar-refractivity contribution in [1.82, 2.24) is 9.97 Å². The number of hydrogen-bond donors (Lipinski definition) is 0.